The number of aromatic nitrogens is 3. The Morgan fingerprint density at radius 1 is 1.23 bits per heavy atom. The zero-order chi connectivity index (χ0) is 16.4. The minimum atomic E-state index is -1.01. The number of carboxylic acid groups (broad SMARTS) is 1. The van der Waals surface area contributed by atoms with E-state index in [-0.39, 0.29) is 10.8 Å². The first-order valence-corrected chi connectivity index (χ1v) is 7.43. The van der Waals surface area contributed by atoms with E-state index in [0.717, 1.165) is 11.3 Å². The van der Waals surface area contributed by atoms with Crippen molar-refractivity contribution in [3.8, 4) is 0 Å². The second-order valence-corrected chi connectivity index (χ2v) is 5.91. The number of carboxylic acids is 1. The SMILES string of the molecule is Cc1ncc(C(=O)NC(C)c2nc(C)c(C(=O)O)s2)c(C)n1. The largest absolute Gasteiger partial charge is 0.477 e. The molecule has 0 fully saturated rings. The average molecular weight is 320 g/mol. The molecule has 1 amide bonds. The summed E-state index contributed by atoms with van der Waals surface area (Å²) >= 11 is 1.06. The Morgan fingerprint density at radius 3 is 2.45 bits per heavy atom. The summed E-state index contributed by atoms with van der Waals surface area (Å²) in [7, 11) is 0. The lowest BCUT2D eigenvalue weighted by Gasteiger charge is -2.12. The summed E-state index contributed by atoms with van der Waals surface area (Å²) in [4.78, 5) is 35.9. The topological polar surface area (TPSA) is 105 Å². The van der Waals surface area contributed by atoms with Gasteiger partial charge in [-0.25, -0.2) is 19.7 Å². The molecule has 2 aromatic rings. The van der Waals surface area contributed by atoms with E-state index in [1.807, 2.05) is 0 Å². The minimum absolute atomic E-state index is 0.186. The van der Waals surface area contributed by atoms with Crippen molar-refractivity contribution in [2.45, 2.75) is 33.7 Å². The summed E-state index contributed by atoms with van der Waals surface area (Å²) in [6.07, 6.45) is 1.48. The normalized spacial score (nSPS) is 12.0. The molecule has 0 aliphatic carbocycles. The second kappa shape index (κ2) is 6.18. The van der Waals surface area contributed by atoms with Gasteiger partial charge in [0.25, 0.3) is 5.91 Å². The molecule has 2 aromatic heterocycles. The quantitative estimate of drug-likeness (QED) is 0.893. The Kier molecular flexibility index (Phi) is 4.51. The zero-order valence-electron chi connectivity index (χ0n) is 12.7. The lowest BCUT2D eigenvalue weighted by molar-refractivity contribution is 0.0701. The number of aryl methyl sites for hydroxylation is 3. The van der Waals surface area contributed by atoms with E-state index < -0.39 is 12.0 Å². The molecule has 0 bridgehead atoms. The maximum atomic E-state index is 12.3. The first-order valence-electron chi connectivity index (χ1n) is 6.61. The predicted octanol–water partition coefficient (Wildman–Crippen LogP) is 2.05. The Morgan fingerprint density at radius 2 is 1.91 bits per heavy atom. The van der Waals surface area contributed by atoms with Gasteiger partial charge in [0.15, 0.2) is 0 Å². The number of hydrogen-bond acceptors (Lipinski definition) is 6. The van der Waals surface area contributed by atoms with Crippen LogP contribution in [0.15, 0.2) is 6.20 Å². The molecule has 2 rings (SSSR count). The van der Waals surface area contributed by atoms with Crippen LogP contribution in [0.3, 0.4) is 0 Å². The molecule has 0 aliphatic heterocycles. The third-order valence-corrected chi connectivity index (χ3v) is 4.40. The standard InChI is InChI=1S/C14H16N4O3S/c1-6-10(5-15-9(4)16-6)12(19)17-8(3)13-18-7(2)11(22-13)14(20)21/h5,8H,1-4H3,(H,17,19)(H,20,21). The van der Waals surface area contributed by atoms with Gasteiger partial charge in [0, 0.05) is 6.20 Å². The number of nitrogens with one attached hydrogen (secondary N) is 1. The Hall–Kier alpha value is -2.35. The van der Waals surface area contributed by atoms with Crippen LogP contribution in [0.25, 0.3) is 0 Å². The minimum Gasteiger partial charge on any atom is -0.477 e. The summed E-state index contributed by atoms with van der Waals surface area (Å²) in [6, 6.07) is -0.398. The number of amides is 1. The van der Waals surface area contributed by atoms with Crippen molar-refractivity contribution in [3.63, 3.8) is 0 Å². The highest BCUT2D eigenvalue weighted by Crippen LogP contribution is 2.23. The summed E-state index contributed by atoms with van der Waals surface area (Å²) in [5.74, 6) is -0.721. The third kappa shape index (κ3) is 3.28. The van der Waals surface area contributed by atoms with Crippen molar-refractivity contribution in [1.82, 2.24) is 20.3 Å². The van der Waals surface area contributed by atoms with Gasteiger partial charge >= 0.3 is 5.97 Å². The van der Waals surface area contributed by atoms with E-state index in [1.165, 1.54) is 6.20 Å². The molecule has 0 radical (unpaired) electrons. The Labute approximate surface area is 131 Å². The lowest BCUT2D eigenvalue weighted by Crippen LogP contribution is -2.27. The third-order valence-electron chi connectivity index (χ3n) is 3.07. The fourth-order valence-electron chi connectivity index (χ4n) is 1.94. The van der Waals surface area contributed by atoms with Crippen molar-refractivity contribution in [2.24, 2.45) is 0 Å². The molecule has 8 heteroatoms. The number of carbonyl (C=O) groups is 2. The number of hydrogen-bond donors (Lipinski definition) is 2. The van der Waals surface area contributed by atoms with Crippen LogP contribution < -0.4 is 5.32 Å². The highest BCUT2D eigenvalue weighted by Gasteiger charge is 2.20. The maximum absolute atomic E-state index is 12.3. The molecule has 116 valence electrons. The van der Waals surface area contributed by atoms with E-state index >= 15 is 0 Å². The van der Waals surface area contributed by atoms with Crippen LogP contribution in [0.1, 0.15) is 55.2 Å². The van der Waals surface area contributed by atoms with Crippen LogP contribution in [0.5, 0.6) is 0 Å². The van der Waals surface area contributed by atoms with E-state index in [4.69, 9.17) is 5.11 Å². The van der Waals surface area contributed by atoms with Crippen molar-refractivity contribution >= 4 is 23.2 Å². The van der Waals surface area contributed by atoms with E-state index in [1.54, 1.807) is 27.7 Å². The average Bonchev–Trinajstić information content (AvgIpc) is 2.80. The Balaban J connectivity index is 2.17. The summed E-state index contributed by atoms with van der Waals surface area (Å²) in [6.45, 7) is 6.88. The number of aromatic carboxylic acids is 1. The van der Waals surface area contributed by atoms with Gasteiger partial charge in [-0.2, -0.15) is 0 Å². The summed E-state index contributed by atoms with van der Waals surface area (Å²) in [5.41, 5.74) is 1.44. The molecule has 0 saturated carbocycles. The first-order chi connectivity index (χ1) is 10.3. The molecule has 1 atom stereocenters. The van der Waals surface area contributed by atoms with Crippen LogP contribution in [-0.4, -0.2) is 31.9 Å². The molecular weight excluding hydrogens is 304 g/mol. The second-order valence-electron chi connectivity index (χ2n) is 4.88. The van der Waals surface area contributed by atoms with Crippen LogP contribution in [0, 0.1) is 20.8 Å². The van der Waals surface area contributed by atoms with Crippen LogP contribution >= 0.6 is 11.3 Å². The van der Waals surface area contributed by atoms with Crippen LogP contribution in [0.4, 0.5) is 0 Å². The van der Waals surface area contributed by atoms with Crippen molar-refractivity contribution in [2.75, 3.05) is 0 Å². The number of carbonyl (C=O) groups excluding carboxylic acids is 1. The van der Waals surface area contributed by atoms with Gasteiger partial charge in [-0.05, 0) is 27.7 Å². The van der Waals surface area contributed by atoms with Gasteiger partial charge in [-0.1, -0.05) is 0 Å². The predicted molar refractivity (Wildman–Crippen MR) is 81.2 cm³/mol. The smallest absolute Gasteiger partial charge is 0.347 e. The van der Waals surface area contributed by atoms with E-state index in [9.17, 15) is 9.59 Å². The van der Waals surface area contributed by atoms with Crippen molar-refractivity contribution < 1.29 is 14.7 Å². The number of nitrogens with zero attached hydrogens (tertiary/aromatic N) is 3. The summed E-state index contributed by atoms with van der Waals surface area (Å²) < 4.78 is 0. The first kappa shape index (κ1) is 16.0. The fourth-order valence-corrected chi connectivity index (χ4v) is 2.85. The zero-order valence-corrected chi connectivity index (χ0v) is 13.5. The van der Waals surface area contributed by atoms with E-state index in [0.29, 0.717) is 27.8 Å². The van der Waals surface area contributed by atoms with Crippen molar-refractivity contribution in [3.05, 3.63) is 38.9 Å². The van der Waals surface area contributed by atoms with Crippen molar-refractivity contribution in [1.29, 1.82) is 0 Å². The molecule has 7 nitrogen and oxygen atoms in total. The fraction of sp³-hybridized carbons (Fsp3) is 0.357. The molecule has 22 heavy (non-hydrogen) atoms. The molecule has 2 heterocycles. The molecule has 2 N–H and O–H groups in total. The highest BCUT2D eigenvalue weighted by molar-refractivity contribution is 7.13. The van der Waals surface area contributed by atoms with Crippen LogP contribution in [0.2, 0.25) is 0 Å². The number of rotatable bonds is 4. The van der Waals surface area contributed by atoms with E-state index in [2.05, 4.69) is 20.3 Å². The monoisotopic (exact) mass is 320 g/mol. The van der Waals surface area contributed by atoms with Gasteiger partial charge in [0.2, 0.25) is 0 Å². The molecule has 0 spiro atoms. The van der Waals surface area contributed by atoms with Gasteiger partial charge in [-0.3, -0.25) is 4.79 Å². The summed E-state index contributed by atoms with van der Waals surface area (Å²) in [5, 5.41) is 12.4. The molecule has 0 saturated heterocycles. The van der Waals surface area contributed by atoms with Gasteiger partial charge in [0.1, 0.15) is 15.7 Å². The molecular formula is C14H16N4O3S. The van der Waals surface area contributed by atoms with Crippen LogP contribution in [-0.2, 0) is 0 Å². The molecule has 0 aliphatic rings. The lowest BCUT2D eigenvalue weighted by atomic mass is 10.2. The Bertz CT molecular complexity index is 742. The van der Waals surface area contributed by atoms with Gasteiger partial charge in [0.05, 0.1) is 23.0 Å². The number of thiazole rings is 1. The molecule has 1 unspecified atom stereocenters. The highest BCUT2D eigenvalue weighted by atomic mass is 32.1. The van der Waals surface area contributed by atoms with Gasteiger partial charge in [-0.15, -0.1) is 11.3 Å². The molecule has 0 aromatic carbocycles. The maximum Gasteiger partial charge on any atom is 0.347 e. The van der Waals surface area contributed by atoms with Gasteiger partial charge < -0.3 is 10.4 Å².